The Balaban J connectivity index is 2.91. The summed E-state index contributed by atoms with van der Waals surface area (Å²) >= 11 is 0. The highest BCUT2D eigenvalue weighted by atomic mass is 16.3. The van der Waals surface area contributed by atoms with E-state index in [1.165, 1.54) is 25.7 Å². The van der Waals surface area contributed by atoms with Gasteiger partial charge in [0, 0.05) is 18.1 Å². The van der Waals surface area contributed by atoms with Gasteiger partial charge >= 0.3 is 0 Å². The predicted octanol–water partition coefficient (Wildman–Crippen LogP) is 4.07. The average Bonchev–Trinajstić information content (AvgIpc) is 2.66. The van der Waals surface area contributed by atoms with Crippen molar-refractivity contribution in [1.82, 2.24) is 4.90 Å². The smallest absolute Gasteiger partial charge is 0.0685 e. The number of likely N-dealkylation sites (tertiary alicyclic amines) is 1. The average molecular weight is 269 g/mol. The van der Waals surface area contributed by atoms with E-state index in [2.05, 4.69) is 46.4 Å². The van der Waals surface area contributed by atoms with Crippen LogP contribution in [-0.4, -0.2) is 34.2 Å². The van der Waals surface area contributed by atoms with Gasteiger partial charge in [0.1, 0.15) is 0 Å². The fraction of sp³-hybridized carbons (Fsp3) is 1.00. The van der Waals surface area contributed by atoms with Gasteiger partial charge in [-0.3, -0.25) is 4.90 Å². The number of aliphatic hydroxyl groups excluding tert-OH is 1. The van der Waals surface area contributed by atoms with Crippen LogP contribution in [0.15, 0.2) is 0 Å². The predicted molar refractivity (Wildman–Crippen MR) is 83.3 cm³/mol. The maximum atomic E-state index is 10.2. The summed E-state index contributed by atoms with van der Waals surface area (Å²) in [5, 5.41) is 10.2. The summed E-state index contributed by atoms with van der Waals surface area (Å²) in [4.78, 5) is 2.64. The third-order valence-electron chi connectivity index (χ3n) is 5.51. The minimum absolute atomic E-state index is 0.138. The first-order chi connectivity index (χ1) is 8.86. The van der Waals surface area contributed by atoms with Crippen molar-refractivity contribution in [1.29, 1.82) is 0 Å². The summed E-state index contributed by atoms with van der Waals surface area (Å²) in [5.41, 5.74) is 0.168. The molecular formula is C17H35NO. The van der Waals surface area contributed by atoms with E-state index in [4.69, 9.17) is 0 Å². The van der Waals surface area contributed by atoms with E-state index in [0.29, 0.717) is 12.0 Å². The largest absolute Gasteiger partial charge is 0.392 e. The molecule has 4 unspecified atom stereocenters. The highest BCUT2D eigenvalue weighted by molar-refractivity contribution is 5.01. The minimum atomic E-state index is -0.138. The fourth-order valence-electron chi connectivity index (χ4n) is 3.61. The van der Waals surface area contributed by atoms with E-state index in [1.54, 1.807) is 0 Å². The molecule has 2 heteroatoms. The van der Waals surface area contributed by atoms with Crippen LogP contribution < -0.4 is 0 Å². The van der Waals surface area contributed by atoms with Gasteiger partial charge in [-0.05, 0) is 31.6 Å². The monoisotopic (exact) mass is 269 g/mol. The summed E-state index contributed by atoms with van der Waals surface area (Å²) < 4.78 is 0. The highest BCUT2D eigenvalue weighted by Crippen LogP contribution is 2.40. The summed E-state index contributed by atoms with van der Waals surface area (Å²) in [7, 11) is 0. The third kappa shape index (κ3) is 3.72. The summed E-state index contributed by atoms with van der Waals surface area (Å²) in [5.74, 6) is 1.31. The van der Waals surface area contributed by atoms with Crippen molar-refractivity contribution in [2.45, 2.75) is 91.3 Å². The molecule has 0 aromatic carbocycles. The Labute approximate surface area is 120 Å². The molecule has 0 radical (unpaired) electrons. The molecule has 0 spiro atoms. The molecule has 1 heterocycles. The van der Waals surface area contributed by atoms with Crippen LogP contribution in [-0.2, 0) is 0 Å². The van der Waals surface area contributed by atoms with Crippen molar-refractivity contribution in [3.63, 3.8) is 0 Å². The van der Waals surface area contributed by atoms with E-state index in [0.717, 1.165) is 18.9 Å². The summed E-state index contributed by atoms with van der Waals surface area (Å²) in [6.07, 6.45) is 5.87. The molecule has 0 bridgehead atoms. The van der Waals surface area contributed by atoms with Gasteiger partial charge in [0.15, 0.2) is 0 Å². The standard InChI is InChI=1S/C17H35NO/c1-7-9-10-16(14(5)8-2)18-12-15(19)11-17(18,6)13(3)4/h13-16,19H,7-12H2,1-6H3. The highest BCUT2D eigenvalue weighted by Gasteiger charge is 2.46. The topological polar surface area (TPSA) is 23.5 Å². The molecule has 2 nitrogen and oxygen atoms in total. The Kier molecular flexibility index (Phi) is 6.32. The van der Waals surface area contributed by atoms with Gasteiger partial charge in [-0.15, -0.1) is 0 Å². The SMILES string of the molecule is CCCCC(C(C)CC)N1CC(O)CC1(C)C(C)C. The van der Waals surface area contributed by atoms with E-state index in [-0.39, 0.29) is 11.6 Å². The van der Waals surface area contributed by atoms with Crippen LogP contribution in [0.2, 0.25) is 0 Å². The first kappa shape index (κ1) is 17.0. The lowest BCUT2D eigenvalue weighted by atomic mass is 9.82. The zero-order valence-corrected chi connectivity index (χ0v) is 13.9. The molecule has 0 aromatic rings. The Morgan fingerprint density at radius 3 is 2.37 bits per heavy atom. The van der Waals surface area contributed by atoms with Crippen LogP contribution in [0.5, 0.6) is 0 Å². The lowest BCUT2D eigenvalue weighted by Crippen LogP contribution is -2.52. The second kappa shape index (κ2) is 7.08. The molecule has 1 aliphatic rings. The van der Waals surface area contributed by atoms with Crippen LogP contribution in [0, 0.1) is 11.8 Å². The van der Waals surface area contributed by atoms with Crippen molar-refractivity contribution in [3.8, 4) is 0 Å². The van der Waals surface area contributed by atoms with Crippen LogP contribution in [0.4, 0.5) is 0 Å². The van der Waals surface area contributed by atoms with Gasteiger partial charge in [0.05, 0.1) is 6.10 Å². The molecular weight excluding hydrogens is 234 g/mol. The van der Waals surface area contributed by atoms with Crippen molar-refractivity contribution in [2.24, 2.45) is 11.8 Å². The van der Waals surface area contributed by atoms with Crippen molar-refractivity contribution >= 4 is 0 Å². The molecule has 1 N–H and O–H groups in total. The van der Waals surface area contributed by atoms with E-state index < -0.39 is 0 Å². The molecule has 0 saturated carbocycles. The molecule has 1 fully saturated rings. The number of rotatable bonds is 7. The number of β-amino-alcohol motifs (C(OH)–C–C–N with tert-alkyl or cyclic N) is 1. The normalized spacial score (nSPS) is 31.9. The maximum absolute atomic E-state index is 10.2. The second-order valence-electron chi connectivity index (χ2n) is 7.12. The molecule has 4 atom stereocenters. The molecule has 0 aromatic heterocycles. The first-order valence-corrected chi connectivity index (χ1v) is 8.31. The lowest BCUT2D eigenvalue weighted by molar-refractivity contribution is 0.0297. The molecule has 0 aliphatic carbocycles. The summed E-state index contributed by atoms with van der Waals surface area (Å²) in [6, 6.07) is 0.634. The number of unbranched alkanes of at least 4 members (excludes halogenated alkanes) is 1. The van der Waals surface area contributed by atoms with Crippen molar-refractivity contribution in [2.75, 3.05) is 6.54 Å². The van der Waals surface area contributed by atoms with Gasteiger partial charge < -0.3 is 5.11 Å². The Hall–Kier alpha value is -0.0800. The zero-order chi connectivity index (χ0) is 14.6. The van der Waals surface area contributed by atoms with Crippen LogP contribution in [0.1, 0.15) is 73.6 Å². The van der Waals surface area contributed by atoms with E-state index >= 15 is 0 Å². The van der Waals surface area contributed by atoms with E-state index in [9.17, 15) is 5.11 Å². The number of nitrogens with zero attached hydrogens (tertiary/aromatic N) is 1. The molecule has 1 aliphatic heterocycles. The van der Waals surface area contributed by atoms with Gasteiger partial charge in [-0.25, -0.2) is 0 Å². The van der Waals surface area contributed by atoms with Crippen molar-refractivity contribution in [3.05, 3.63) is 0 Å². The van der Waals surface area contributed by atoms with Crippen LogP contribution in [0.25, 0.3) is 0 Å². The molecule has 0 amide bonds. The van der Waals surface area contributed by atoms with Gasteiger partial charge in [-0.1, -0.05) is 53.9 Å². The minimum Gasteiger partial charge on any atom is -0.392 e. The zero-order valence-electron chi connectivity index (χ0n) is 13.9. The maximum Gasteiger partial charge on any atom is 0.0685 e. The Bertz CT molecular complexity index is 266. The van der Waals surface area contributed by atoms with Gasteiger partial charge in [0.2, 0.25) is 0 Å². The molecule has 1 rings (SSSR count). The second-order valence-corrected chi connectivity index (χ2v) is 7.12. The molecule has 19 heavy (non-hydrogen) atoms. The first-order valence-electron chi connectivity index (χ1n) is 8.31. The lowest BCUT2D eigenvalue weighted by Gasteiger charge is -2.45. The van der Waals surface area contributed by atoms with E-state index in [1.807, 2.05) is 0 Å². The molecule has 1 saturated heterocycles. The quantitative estimate of drug-likeness (QED) is 0.753. The Morgan fingerprint density at radius 2 is 1.89 bits per heavy atom. The third-order valence-corrected chi connectivity index (χ3v) is 5.51. The van der Waals surface area contributed by atoms with Gasteiger partial charge in [0.25, 0.3) is 0 Å². The van der Waals surface area contributed by atoms with Gasteiger partial charge in [-0.2, -0.15) is 0 Å². The van der Waals surface area contributed by atoms with Crippen LogP contribution in [0.3, 0.4) is 0 Å². The number of hydrogen-bond donors (Lipinski definition) is 1. The number of aliphatic hydroxyl groups is 1. The Morgan fingerprint density at radius 1 is 1.26 bits per heavy atom. The number of hydrogen-bond acceptors (Lipinski definition) is 2. The molecule has 114 valence electrons. The van der Waals surface area contributed by atoms with Crippen LogP contribution >= 0.6 is 0 Å². The fourth-order valence-corrected chi connectivity index (χ4v) is 3.61. The van der Waals surface area contributed by atoms with Crippen molar-refractivity contribution < 1.29 is 5.11 Å². The summed E-state index contributed by atoms with van der Waals surface area (Å²) in [6.45, 7) is 14.8.